The van der Waals surface area contributed by atoms with Crippen LogP contribution in [0.4, 0.5) is 30.7 Å². The van der Waals surface area contributed by atoms with Gasteiger partial charge < -0.3 is 4.74 Å². The van der Waals surface area contributed by atoms with Crippen molar-refractivity contribution in [1.82, 2.24) is 0 Å². The van der Waals surface area contributed by atoms with E-state index >= 15 is 0 Å². The quantitative estimate of drug-likeness (QED) is 0.798. The number of alkyl halides is 7. The van der Waals surface area contributed by atoms with E-state index in [9.17, 15) is 35.5 Å². The standard InChI is InChI=1S/C10H4F7O2/c11-8(9(12,13)14,10(15,16)17)19-7-3-1-6(5-18)2-4-7/h1-4H. The van der Waals surface area contributed by atoms with Crippen molar-refractivity contribution in [2.45, 2.75) is 18.2 Å². The van der Waals surface area contributed by atoms with Crippen LogP contribution in [-0.2, 0) is 4.79 Å². The predicted octanol–water partition coefficient (Wildman–Crippen LogP) is 3.31. The summed E-state index contributed by atoms with van der Waals surface area (Å²) in [5, 5.41) is 0. The molecule has 1 aromatic rings. The highest BCUT2D eigenvalue weighted by atomic mass is 19.4. The molecule has 0 aliphatic heterocycles. The fourth-order valence-corrected chi connectivity index (χ4v) is 1.03. The molecule has 0 fully saturated rings. The molecule has 0 saturated carbocycles. The molecular formula is C10H4F7O2. The lowest BCUT2D eigenvalue weighted by Gasteiger charge is -2.29. The first-order chi connectivity index (χ1) is 8.51. The predicted molar refractivity (Wildman–Crippen MR) is 47.8 cm³/mol. The van der Waals surface area contributed by atoms with Crippen molar-refractivity contribution in [1.29, 1.82) is 0 Å². The summed E-state index contributed by atoms with van der Waals surface area (Å²) in [5.41, 5.74) is -0.143. The number of rotatable bonds is 3. The van der Waals surface area contributed by atoms with Gasteiger partial charge in [0.1, 0.15) is 5.75 Å². The molecule has 0 atom stereocenters. The van der Waals surface area contributed by atoms with Crippen LogP contribution in [-0.4, -0.2) is 24.5 Å². The maximum Gasteiger partial charge on any atom is 0.470 e. The first-order valence-corrected chi connectivity index (χ1v) is 4.51. The Morgan fingerprint density at radius 3 is 1.58 bits per heavy atom. The van der Waals surface area contributed by atoms with Gasteiger partial charge in [0.15, 0.2) is 0 Å². The second kappa shape index (κ2) is 4.71. The van der Waals surface area contributed by atoms with Crippen LogP contribution >= 0.6 is 0 Å². The molecule has 1 aromatic carbocycles. The van der Waals surface area contributed by atoms with Crippen molar-refractivity contribution in [3.63, 3.8) is 0 Å². The molecule has 0 aliphatic rings. The molecule has 1 radical (unpaired) electrons. The van der Waals surface area contributed by atoms with Crippen LogP contribution in [0, 0.1) is 0 Å². The van der Waals surface area contributed by atoms with Crippen molar-refractivity contribution in [2.24, 2.45) is 0 Å². The highest BCUT2D eigenvalue weighted by Crippen LogP contribution is 2.47. The number of benzene rings is 1. The molecule has 0 amide bonds. The Labute approximate surface area is 101 Å². The molecule has 0 aliphatic carbocycles. The van der Waals surface area contributed by atoms with Crippen LogP contribution in [0.1, 0.15) is 5.56 Å². The van der Waals surface area contributed by atoms with Crippen molar-refractivity contribution in [3.8, 4) is 5.75 Å². The van der Waals surface area contributed by atoms with E-state index in [0.29, 0.717) is 12.1 Å². The average Bonchev–Trinajstić information content (AvgIpc) is 2.27. The molecule has 0 unspecified atom stereocenters. The first kappa shape index (κ1) is 15.3. The van der Waals surface area contributed by atoms with Crippen LogP contribution in [0.5, 0.6) is 5.75 Å². The summed E-state index contributed by atoms with van der Waals surface area (Å²) < 4.78 is 89.4. The molecule has 0 bridgehead atoms. The van der Waals surface area contributed by atoms with Crippen molar-refractivity contribution < 1.29 is 40.3 Å². The summed E-state index contributed by atoms with van der Waals surface area (Å²) in [6.45, 7) is 0. The topological polar surface area (TPSA) is 26.3 Å². The van der Waals surface area contributed by atoms with E-state index in [2.05, 4.69) is 4.74 Å². The first-order valence-electron chi connectivity index (χ1n) is 4.51. The Kier molecular flexibility index (Phi) is 3.78. The highest BCUT2D eigenvalue weighted by Gasteiger charge is 2.76. The molecule has 1 rings (SSSR count). The molecule has 9 heteroatoms. The van der Waals surface area contributed by atoms with Gasteiger partial charge in [-0.2, -0.15) is 30.7 Å². The zero-order valence-corrected chi connectivity index (χ0v) is 8.77. The van der Waals surface area contributed by atoms with Gasteiger partial charge in [0.2, 0.25) is 6.29 Å². The lowest BCUT2D eigenvalue weighted by Crippen LogP contribution is -2.57. The van der Waals surface area contributed by atoms with Crippen molar-refractivity contribution >= 4 is 6.29 Å². The van der Waals surface area contributed by atoms with Gasteiger partial charge >= 0.3 is 18.2 Å². The number of ether oxygens (including phenoxy) is 1. The number of carbonyl (C=O) groups excluding carboxylic acids is 1. The number of hydrogen-bond donors (Lipinski definition) is 0. The lowest BCUT2D eigenvalue weighted by molar-refractivity contribution is -0.405. The van der Waals surface area contributed by atoms with E-state index < -0.39 is 24.0 Å². The summed E-state index contributed by atoms with van der Waals surface area (Å²) in [7, 11) is 0. The van der Waals surface area contributed by atoms with Gasteiger partial charge in [-0.25, -0.2) is 0 Å². The van der Waals surface area contributed by atoms with Gasteiger partial charge in [-0.1, -0.05) is 0 Å². The minimum Gasteiger partial charge on any atom is -0.444 e. The third-order valence-corrected chi connectivity index (χ3v) is 1.96. The third-order valence-electron chi connectivity index (χ3n) is 1.96. The van der Waals surface area contributed by atoms with E-state index in [-0.39, 0.29) is 5.56 Å². The average molecular weight is 289 g/mol. The van der Waals surface area contributed by atoms with Crippen molar-refractivity contribution in [3.05, 3.63) is 29.8 Å². The second-order valence-electron chi connectivity index (χ2n) is 3.32. The van der Waals surface area contributed by atoms with Crippen LogP contribution in [0.15, 0.2) is 24.3 Å². The van der Waals surface area contributed by atoms with Gasteiger partial charge in [0, 0.05) is 5.56 Å². The van der Waals surface area contributed by atoms with Crippen LogP contribution < -0.4 is 4.74 Å². The molecule has 0 saturated heterocycles. The Bertz CT molecular complexity index is 432. The normalized spacial score (nSPS) is 13.2. The van der Waals surface area contributed by atoms with E-state index in [4.69, 9.17) is 0 Å². The Hall–Kier alpha value is -1.80. The molecule has 0 heterocycles. The van der Waals surface area contributed by atoms with E-state index in [1.807, 2.05) is 0 Å². The van der Waals surface area contributed by atoms with Gasteiger partial charge in [-0.15, -0.1) is 0 Å². The Balaban J connectivity index is 3.12. The van der Waals surface area contributed by atoms with Crippen LogP contribution in [0.25, 0.3) is 0 Å². The zero-order chi connectivity index (χ0) is 14.9. The van der Waals surface area contributed by atoms with E-state index in [0.717, 1.165) is 12.1 Å². The van der Waals surface area contributed by atoms with Gasteiger partial charge in [0.25, 0.3) is 0 Å². The lowest BCUT2D eigenvalue weighted by atomic mass is 10.2. The zero-order valence-electron chi connectivity index (χ0n) is 8.77. The third kappa shape index (κ3) is 2.96. The van der Waals surface area contributed by atoms with E-state index in [1.165, 1.54) is 6.29 Å². The Morgan fingerprint density at radius 1 is 0.842 bits per heavy atom. The molecule has 2 nitrogen and oxygen atoms in total. The number of hydrogen-bond acceptors (Lipinski definition) is 2. The molecule has 0 N–H and O–H groups in total. The largest absolute Gasteiger partial charge is 0.470 e. The molecular weight excluding hydrogens is 285 g/mol. The maximum absolute atomic E-state index is 13.1. The van der Waals surface area contributed by atoms with Crippen LogP contribution in [0.3, 0.4) is 0 Å². The fourth-order valence-electron chi connectivity index (χ4n) is 1.03. The molecule has 0 aromatic heterocycles. The summed E-state index contributed by atoms with van der Waals surface area (Å²) in [5.74, 6) is -6.86. The summed E-state index contributed by atoms with van der Waals surface area (Å²) in [6.07, 6.45) is -11.3. The molecule has 105 valence electrons. The summed E-state index contributed by atoms with van der Waals surface area (Å²) in [4.78, 5) is 10.1. The monoisotopic (exact) mass is 289 g/mol. The van der Waals surface area contributed by atoms with Gasteiger partial charge in [-0.05, 0) is 24.3 Å². The Morgan fingerprint density at radius 2 is 1.26 bits per heavy atom. The molecule has 0 spiro atoms. The van der Waals surface area contributed by atoms with E-state index in [1.54, 1.807) is 0 Å². The smallest absolute Gasteiger partial charge is 0.444 e. The summed E-state index contributed by atoms with van der Waals surface area (Å²) in [6, 6.07) is 2.84. The fraction of sp³-hybridized carbons (Fsp3) is 0.300. The van der Waals surface area contributed by atoms with Gasteiger partial charge in [0.05, 0.1) is 0 Å². The number of halogens is 7. The highest BCUT2D eigenvalue weighted by molar-refractivity contribution is 5.75. The maximum atomic E-state index is 13.1. The summed E-state index contributed by atoms with van der Waals surface area (Å²) >= 11 is 0. The van der Waals surface area contributed by atoms with Crippen LogP contribution in [0.2, 0.25) is 0 Å². The minimum absolute atomic E-state index is 0.143. The second-order valence-corrected chi connectivity index (χ2v) is 3.32. The SMILES string of the molecule is O=[C]c1ccc(OC(F)(C(F)(F)F)C(F)(F)F)cc1. The minimum atomic E-state index is -6.30. The van der Waals surface area contributed by atoms with Gasteiger partial charge in [-0.3, -0.25) is 4.79 Å². The van der Waals surface area contributed by atoms with Crippen molar-refractivity contribution in [2.75, 3.05) is 0 Å². The molecule has 19 heavy (non-hydrogen) atoms.